The largest absolute Gasteiger partial charge is 0.314 e. The van der Waals surface area contributed by atoms with Gasteiger partial charge >= 0.3 is 0 Å². The third kappa shape index (κ3) is 5.50. The molecule has 90 valence electrons. The van der Waals surface area contributed by atoms with Crippen LogP contribution in [0.15, 0.2) is 0 Å². The maximum absolute atomic E-state index is 14.1. The second-order valence-corrected chi connectivity index (χ2v) is 4.95. The number of hydrogen-bond donors (Lipinski definition) is 1. The second kappa shape index (κ2) is 7.21. The van der Waals surface area contributed by atoms with Gasteiger partial charge in [-0.25, -0.2) is 4.39 Å². The summed E-state index contributed by atoms with van der Waals surface area (Å²) in [5.41, 5.74) is -0.886. The maximum atomic E-state index is 14.1. The van der Waals surface area contributed by atoms with Gasteiger partial charge in [0, 0.05) is 6.54 Å². The number of piperidine rings is 1. The number of nitrogens with one attached hydrogen (secondary N) is 1. The highest BCUT2D eigenvalue weighted by molar-refractivity contribution is 4.85. The van der Waals surface area contributed by atoms with Gasteiger partial charge in [-0.1, -0.05) is 45.4 Å². The van der Waals surface area contributed by atoms with E-state index < -0.39 is 5.67 Å². The molecule has 0 aliphatic carbocycles. The molecule has 0 saturated carbocycles. The van der Waals surface area contributed by atoms with E-state index in [0.717, 1.165) is 32.2 Å². The van der Waals surface area contributed by atoms with E-state index in [-0.39, 0.29) is 0 Å². The summed E-state index contributed by atoms with van der Waals surface area (Å²) in [6.07, 6.45) is 10.1. The van der Waals surface area contributed by atoms with Crippen molar-refractivity contribution < 1.29 is 4.39 Å². The highest BCUT2D eigenvalue weighted by Gasteiger charge is 2.30. The van der Waals surface area contributed by atoms with E-state index in [1.807, 2.05) is 0 Å². The number of rotatable bonds is 7. The smallest absolute Gasteiger partial charge is 0.123 e. The summed E-state index contributed by atoms with van der Waals surface area (Å²) in [5.74, 6) is 0. The molecule has 0 aromatic rings. The predicted octanol–water partition coefficient (Wildman–Crippen LogP) is 3.83. The molecule has 1 heterocycles. The fourth-order valence-electron chi connectivity index (χ4n) is 2.37. The number of alkyl halides is 1. The minimum absolute atomic E-state index is 0.585. The lowest BCUT2D eigenvalue weighted by molar-refractivity contribution is 0.107. The van der Waals surface area contributed by atoms with Crippen molar-refractivity contribution in [3.63, 3.8) is 0 Å². The molecule has 1 nitrogen and oxygen atoms in total. The summed E-state index contributed by atoms with van der Waals surface area (Å²) in [6, 6.07) is 0. The predicted molar refractivity (Wildman–Crippen MR) is 63.9 cm³/mol. The van der Waals surface area contributed by atoms with Crippen LogP contribution in [0.2, 0.25) is 0 Å². The summed E-state index contributed by atoms with van der Waals surface area (Å²) in [5, 5.41) is 3.16. The first-order valence-corrected chi connectivity index (χ1v) is 6.66. The van der Waals surface area contributed by atoms with Crippen LogP contribution in [0.1, 0.15) is 64.7 Å². The molecule has 1 aliphatic heterocycles. The third-order valence-electron chi connectivity index (χ3n) is 3.40. The molecule has 1 aliphatic rings. The Labute approximate surface area is 93.8 Å². The van der Waals surface area contributed by atoms with Gasteiger partial charge in [0.1, 0.15) is 5.67 Å². The molecular weight excluding hydrogens is 189 g/mol. The Kier molecular flexibility index (Phi) is 6.23. The fourth-order valence-corrected chi connectivity index (χ4v) is 2.37. The zero-order chi connectivity index (χ0) is 11.0. The van der Waals surface area contributed by atoms with E-state index >= 15 is 0 Å². The first-order chi connectivity index (χ1) is 7.27. The van der Waals surface area contributed by atoms with Crippen LogP contribution in [0, 0.1) is 0 Å². The van der Waals surface area contributed by atoms with Crippen molar-refractivity contribution in [2.24, 2.45) is 0 Å². The monoisotopic (exact) mass is 215 g/mol. The molecule has 0 spiro atoms. The number of halogens is 1. The topological polar surface area (TPSA) is 12.0 Å². The summed E-state index contributed by atoms with van der Waals surface area (Å²) in [4.78, 5) is 0. The Balaban J connectivity index is 1.98. The van der Waals surface area contributed by atoms with Crippen LogP contribution in [0.3, 0.4) is 0 Å². The standard InChI is InChI=1S/C13H26FN/c1-2-3-4-5-6-7-9-13(14)10-8-11-15-12-13/h15H,2-12H2,1H3. The Hall–Kier alpha value is -0.110. The molecule has 0 radical (unpaired) electrons. The molecule has 1 saturated heterocycles. The summed E-state index contributed by atoms with van der Waals surface area (Å²) >= 11 is 0. The highest BCUT2D eigenvalue weighted by atomic mass is 19.1. The van der Waals surface area contributed by atoms with E-state index in [4.69, 9.17) is 0 Å². The van der Waals surface area contributed by atoms with Crippen molar-refractivity contribution in [2.45, 2.75) is 70.4 Å². The van der Waals surface area contributed by atoms with Crippen LogP contribution in [-0.2, 0) is 0 Å². The molecule has 1 atom stereocenters. The van der Waals surface area contributed by atoms with Crippen molar-refractivity contribution in [2.75, 3.05) is 13.1 Å². The molecule has 0 aromatic carbocycles. The molecule has 2 heteroatoms. The summed E-state index contributed by atoms with van der Waals surface area (Å²) < 4.78 is 14.1. The van der Waals surface area contributed by atoms with Crippen LogP contribution in [0.5, 0.6) is 0 Å². The zero-order valence-corrected chi connectivity index (χ0v) is 10.2. The van der Waals surface area contributed by atoms with Gasteiger partial charge in [0.15, 0.2) is 0 Å². The molecule has 1 fully saturated rings. The molecule has 1 N–H and O–H groups in total. The Morgan fingerprint density at radius 2 is 1.87 bits per heavy atom. The molecule has 1 unspecified atom stereocenters. The Morgan fingerprint density at radius 1 is 1.13 bits per heavy atom. The van der Waals surface area contributed by atoms with E-state index in [0.29, 0.717) is 6.54 Å². The SMILES string of the molecule is CCCCCCCCC1(F)CCCNC1. The lowest BCUT2D eigenvalue weighted by Crippen LogP contribution is -2.42. The Morgan fingerprint density at radius 3 is 2.53 bits per heavy atom. The van der Waals surface area contributed by atoms with Gasteiger partial charge in [-0.3, -0.25) is 0 Å². The van der Waals surface area contributed by atoms with Crippen LogP contribution in [0.4, 0.5) is 4.39 Å². The first kappa shape index (κ1) is 13.0. The van der Waals surface area contributed by atoms with E-state index in [2.05, 4.69) is 12.2 Å². The average molecular weight is 215 g/mol. The number of hydrogen-bond acceptors (Lipinski definition) is 1. The Bertz CT molecular complexity index is 153. The lowest BCUT2D eigenvalue weighted by Gasteiger charge is -2.30. The minimum Gasteiger partial charge on any atom is -0.314 e. The van der Waals surface area contributed by atoms with Gasteiger partial charge in [0.05, 0.1) is 0 Å². The van der Waals surface area contributed by atoms with Crippen LogP contribution >= 0.6 is 0 Å². The molecule has 15 heavy (non-hydrogen) atoms. The first-order valence-electron chi connectivity index (χ1n) is 6.66. The molecule has 0 aromatic heterocycles. The van der Waals surface area contributed by atoms with Crippen LogP contribution < -0.4 is 5.32 Å². The normalized spacial score (nSPS) is 26.8. The molecule has 0 amide bonds. The number of unbranched alkanes of at least 4 members (excludes halogenated alkanes) is 5. The second-order valence-electron chi connectivity index (χ2n) is 4.95. The van der Waals surface area contributed by atoms with Crippen molar-refractivity contribution >= 4 is 0 Å². The fraction of sp³-hybridized carbons (Fsp3) is 1.00. The van der Waals surface area contributed by atoms with Crippen molar-refractivity contribution in [1.29, 1.82) is 0 Å². The van der Waals surface area contributed by atoms with Crippen molar-refractivity contribution in [3.8, 4) is 0 Å². The van der Waals surface area contributed by atoms with Gasteiger partial charge in [-0.2, -0.15) is 0 Å². The maximum Gasteiger partial charge on any atom is 0.123 e. The van der Waals surface area contributed by atoms with Crippen molar-refractivity contribution in [1.82, 2.24) is 5.32 Å². The quantitative estimate of drug-likeness (QED) is 0.636. The summed E-state index contributed by atoms with van der Waals surface area (Å²) in [6.45, 7) is 3.81. The van der Waals surface area contributed by atoms with Crippen LogP contribution in [0.25, 0.3) is 0 Å². The van der Waals surface area contributed by atoms with Gasteiger partial charge < -0.3 is 5.32 Å². The molecule has 1 rings (SSSR count). The van der Waals surface area contributed by atoms with E-state index in [1.165, 1.54) is 32.1 Å². The minimum atomic E-state index is -0.886. The highest BCUT2D eigenvalue weighted by Crippen LogP contribution is 2.27. The molecular formula is C13H26FN. The van der Waals surface area contributed by atoms with Gasteiger partial charge in [0.25, 0.3) is 0 Å². The van der Waals surface area contributed by atoms with E-state index in [1.54, 1.807) is 0 Å². The third-order valence-corrected chi connectivity index (χ3v) is 3.40. The van der Waals surface area contributed by atoms with Crippen LogP contribution in [-0.4, -0.2) is 18.8 Å². The van der Waals surface area contributed by atoms with Gasteiger partial charge in [0.2, 0.25) is 0 Å². The average Bonchev–Trinajstić information content (AvgIpc) is 2.24. The van der Waals surface area contributed by atoms with Crippen molar-refractivity contribution in [3.05, 3.63) is 0 Å². The van der Waals surface area contributed by atoms with Gasteiger partial charge in [-0.15, -0.1) is 0 Å². The molecule has 0 bridgehead atoms. The van der Waals surface area contributed by atoms with E-state index in [9.17, 15) is 4.39 Å². The van der Waals surface area contributed by atoms with Gasteiger partial charge in [-0.05, 0) is 25.8 Å². The zero-order valence-electron chi connectivity index (χ0n) is 10.2. The lowest BCUT2D eigenvalue weighted by atomic mass is 9.90. The summed E-state index contributed by atoms with van der Waals surface area (Å²) in [7, 11) is 0.